The highest BCUT2D eigenvalue weighted by Crippen LogP contribution is 2.19. The van der Waals surface area contributed by atoms with Gasteiger partial charge in [0, 0.05) is 23.6 Å². The Morgan fingerprint density at radius 2 is 1.57 bits per heavy atom. The van der Waals surface area contributed by atoms with Crippen molar-refractivity contribution in [3.63, 3.8) is 0 Å². The number of carbonyl (C=O) groups excluding carboxylic acids is 1. The fourth-order valence-electron chi connectivity index (χ4n) is 3.35. The van der Waals surface area contributed by atoms with Crippen LogP contribution in [0.4, 0.5) is 0 Å². The highest BCUT2D eigenvalue weighted by atomic mass is 16.5. The average molecular weight is 400 g/mol. The molecule has 30 heavy (non-hydrogen) atoms. The normalized spacial score (nSPS) is 10.7. The molecule has 1 aromatic heterocycles. The third-order valence-electron chi connectivity index (χ3n) is 4.84. The summed E-state index contributed by atoms with van der Waals surface area (Å²) in [7, 11) is 0. The number of rotatable bonds is 9. The summed E-state index contributed by atoms with van der Waals surface area (Å²) in [6, 6.07) is 25.0. The minimum absolute atomic E-state index is 0.144. The maximum atomic E-state index is 12.7. The first-order valence-electron chi connectivity index (χ1n) is 10.0. The van der Waals surface area contributed by atoms with Crippen molar-refractivity contribution in [3.05, 3.63) is 96.2 Å². The largest absolute Gasteiger partial charge is 0.490 e. The molecule has 0 bridgehead atoms. The number of H-pyrrole nitrogens is 1. The summed E-state index contributed by atoms with van der Waals surface area (Å²) in [5, 5.41) is 4.18. The molecule has 1 heterocycles. The van der Waals surface area contributed by atoms with Gasteiger partial charge in [0.05, 0.1) is 5.56 Å². The van der Waals surface area contributed by atoms with Crippen LogP contribution in [-0.4, -0.2) is 30.6 Å². The van der Waals surface area contributed by atoms with Crippen molar-refractivity contribution in [1.29, 1.82) is 0 Å². The number of nitrogens with one attached hydrogen (secondary N) is 2. The number of fused-ring (bicyclic) bond motifs is 1. The van der Waals surface area contributed by atoms with Gasteiger partial charge in [-0.1, -0.05) is 48.5 Å². The minimum Gasteiger partial charge on any atom is -0.490 e. The van der Waals surface area contributed by atoms with Gasteiger partial charge in [-0.25, -0.2) is 0 Å². The molecule has 0 saturated heterocycles. The third-order valence-corrected chi connectivity index (χ3v) is 4.84. The van der Waals surface area contributed by atoms with E-state index in [1.54, 1.807) is 12.1 Å². The predicted molar refractivity (Wildman–Crippen MR) is 118 cm³/mol. The Labute approximate surface area is 175 Å². The van der Waals surface area contributed by atoms with Gasteiger partial charge in [0.2, 0.25) is 0 Å². The summed E-state index contributed by atoms with van der Waals surface area (Å²) in [5.41, 5.74) is 2.82. The van der Waals surface area contributed by atoms with Crippen LogP contribution in [0.25, 0.3) is 10.9 Å². The number of hydrogen-bond acceptors (Lipinski definition) is 3. The fraction of sp³-hybridized carbons (Fsp3) is 0.160. The fourth-order valence-corrected chi connectivity index (χ4v) is 3.35. The second-order valence-corrected chi connectivity index (χ2v) is 6.87. The Balaban J connectivity index is 1.29. The molecule has 4 aromatic rings. The Bertz CT molecular complexity index is 1110. The maximum Gasteiger partial charge on any atom is 0.255 e. The highest BCUT2D eigenvalue weighted by Gasteiger charge is 2.12. The van der Waals surface area contributed by atoms with Gasteiger partial charge in [0.15, 0.2) is 0 Å². The molecule has 0 aliphatic rings. The second-order valence-electron chi connectivity index (χ2n) is 6.87. The molecule has 5 heteroatoms. The van der Waals surface area contributed by atoms with E-state index in [1.807, 2.05) is 66.9 Å². The number of benzene rings is 3. The van der Waals surface area contributed by atoms with Crippen molar-refractivity contribution in [2.45, 2.75) is 6.42 Å². The molecule has 0 unspecified atom stereocenters. The van der Waals surface area contributed by atoms with E-state index in [0.29, 0.717) is 31.1 Å². The molecule has 0 aliphatic heterocycles. The topological polar surface area (TPSA) is 63.4 Å². The van der Waals surface area contributed by atoms with Gasteiger partial charge in [-0.2, -0.15) is 0 Å². The van der Waals surface area contributed by atoms with Crippen molar-refractivity contribution in [2.24, 2.45) is 0 Å². The molecule has 0 radical (unpaired) electrons. The number of aromatic amines is 1. The molecular weight excluding hydrogens is 376 g/mol. The van der Waals surface area contributed by atoms with Gasteiger partial charge in [-0.3, -0.25) is 4.79 Å². The Morgan fingerprint density at radius 1 is 0.833 bits per heavy atom. The molecule has 3 aromatic carbocycles. The Hall–Kier alpha value is -3.73. The van der Waals surface area contributed by atoms with E-state index >= 15 is 0 Å². The first kappa shape index (κ1) is 19.6. The van der Waals surface area contributed by atoms with Crippen molar-refractivity contribution < 1.29 is 14.3 Å². The lowest BCUT2D eigenvalue weighted by Gasteiger charge is -2.12. The van der Waals surface area contributed by atoms with Crippen LogP contribution in [0.2, 0.25) is 0 Å². The van der Waals surface area contributed by atoms with Crippen LogP contribution in [0, 0.1) is 0 Å². The molecule has 2 N–H and O–H groups in total. The lowest BCUT2D eigenvalue weighted by atomic mass is 10.1. The van der Waals surface area contributed by atoms with Crippen LogP contribution in [0.1, 0.15) is 15.9 Å². The summed E-state index contributed by atoms with van der Waals surface area (Å²) in [4.78, 5) is 15.9. The number of amides is 1. The molecule has 5 nitrogen and oxygen atoms in total. The number of hydrogen-bond donors (Lipinski definition) is 2. The average Bonchev–Trinajstić information content (AvgIpc) is 3.21. The van der Waals surface area contributed by atoms with E-state index in [4.69, 9.17) is 9.47 Å². The molecule has 0 saturated carbocycles. The molecule has 152 valence electrons. The zero-order valence-corrected chi connectivity index (χ0v) is 16.6. The molecular formula is C25H24N2O3. The summed E-state index contributed by atoms with van der Waals surface area (Å²) < 4.78 is 11.4. The van der Waals surface area contributed by atoms with Gasteiger partial charge < -0.3 is 19.8 Å². The standard InChI is InChI=1S/C25H24N2O3/c28-25(26-15-14-19-18-27-23-12-6-4-10-21(19)23)22-11-5-7-13-24(22)30-17-16-29-20-8-2-1-3-9-20/h1-13,18,27H,14-17H2,(H,26,28). The Morgan fingerprint density at radius 3 is 2.47 bits per heavy atom. The third kappa shape index (κ3) is 4.81. The van der Waals surface area contributed by atoms with Crippen molar-refractivity contribution in [1.82, 2.24) is 10.3 Å². The number of ether oxygens (including phenoxy) is 2. The van der Waals surface area contributed by atoms with E-state index < -0.39 is 0 Å². The van der Waals surface area contributed by atoms with Gasteiger partial charge in [-0.15, -0.1) is 0 Å². The van der Waals surface area contributed by atoms with Crippen LogP contribution in [0.3, 0.4) is 0 Å². The molecule has 0 aliphatic carbocycles. The number of aromatic nitrogens is 1. The summed E-state index contributed by atoms with van der Waals surface area (Å²) in [5.74, 6) is 1.21. The van der Waals surface area contributed by atoms with Crippen molar-refractivity contribution in [3.8, 4) is 11.5 Å². The molecule has 4 rings (SSSR count). The van der Waals surface area contributed by atoms with Crippen molar-refractivity contribution in [2.75, 3.05) is 19.8 Å². The summed E-state index contributed by atoms with van der Waals surface area (Å²) in [6.07, 6.45) is 2.75. The molecule has 0 atom stereocenters. The first-order chi connectivity index (χ1) is 14.8. The van der Waals surface area contributed by atoms with E-state index in [9.17, 15) is 4.79 Å². The van der Waals surface area contributed by atoms with E-state index in [2.05, 4.69) is 16.4 Å². The Kier molecular flexibility index (Phi) is 6.30. The van der Waals surface area contributed by atoms with Crippen LogP contribution in [-0.2, 0) is 6.42 Å². The van der Waals surface area contributed by atoms with Crippen LogP contribution >= 0.6 is 0 Å². The zero-order chi connectivity index (χ0) is 20.6. The minimum atomic E-state index is -0.144. The van der Waals surface area contributed by atoms with E-state index in [0.717, 1.165) is 17.7 Å². The van der Waals surface area contributed by atoms with Gasteiger partial charge in [0.1, 0.15) is 24.7 Å². The van der Waals surface area contributed by atoms with Crippen LogP contribution < -0.4 is 14.8 Å². The van der Waals surface area contributed by atoms with E-state index in [1.165, 1.54) is 10.9 Å². The summed E-state index contributed by atoms with van der Waals surface area (Å²) >= 11 is 0. The maximum absolute atomic E-state index is 12.7. The lowest BCUT2D eigenvalue weighted by molar-refractivity contribution is 0.0949. The second kappa shape index (κ2) is 9.65. The van der Waals surface area contributed by atoms with Gasteiger partial charge in [-0.05, 0) is 42.3 Å². The first-order valence-corrected chi connectivity index (χ1v) is 10.0. The smallest absolute Gasteiger partial charge is 0.255 e. The van der Waals surface area contributed by atoms with Crippen molar-refractivity contribution >= 4 is 16.8 Å². The molecule has 0 spiro atoms. The van der Waals surface area contributed by atoms with Crippen LogP contribution in [0.15, 0.2) is 85.1 Å². The predicted octanol–water partition coefficient (Wildman–Crippen LogP) is 4.60. The molecule has 1 amide bonds. The number of para-hydroxylation sites is 3. The van der Waals surface area contributed by atoms with E-state index in [-0.39, 0.29) is 5.91 Å². The lowest BCUT2D eigenvalue weighted by Crippen LogP contribution is -2.26. The SMILES string of the molecule is O=C(NCCc1c[nH]c2ccccc12)c1ccccc1OCCOc1ccccc1. The van der Waals surface area contributed by atoms with Crippen LogP contribution in [0.5, 0.6) is 11.5 Å². The van der Waals surface area contributed by atoms with Gasteiger partial charge in [0.25, 0.3) is 5.91 Å². The summed E-state index contributed by atoms with van der Waals surface area (Å²) in [6.45, 7) is 1.31. The monoisotopic (exact) mass is 400 g/mol. The zero-order valence-electron chi connectivity index (χ0n) is 16.6. The van der Waals surface area contributed by atoms with Gasteiger partial charge >= 0.3 is 0 Å². The quantitative estimate of drug-likeness (QED) is 0.404. The number of carbonyl (C=O) groups is 1. The molecule has 0 fully saturated rings. The highest BCUT2D eigenvalue weighted by molar-refractivity contribution is 5.97.